The summed E-state index contributed by atoms with van der Waals surface area (Å²) in [6.45, 7) is 2.96. The minimum absolute atomic E-state index is 0.185. The second-order valence-electron chi connectivity index (χ2n) is 2.75. The molecule has 1 aromatic rings. The van der Waals surface area contributed by atoms with Gasteiger partial charge in [0.2, 0.25) is 0 Å². The van der Waals surface area contributed by atoms with E-state index in [1.165, 1.54) is 0 Å². The molecule has 0 saturated heterocycles. The van der Waals surface area contributed by atoms with Crippen molar-refractivity contribution in [3.05, 3.63) is 18.0 Å². The number of rotatable bonds is 5. The molecule has 0 aliphatic carbocycles. The molecule has 0 fully saturated rings. The van der Waals surface area contributed by atoms with Crippen LogP contribution in [0.2, 0.25) is 0 Å². The lowest BCUT2D eigenvalue weighted by Gasteiger charge is -2.12. The van der Waals surface area contributed by atoms with Gasteiger partial charge in [0.05, 0.1) is 6.61 Å². The number of nitrogens with zero attached hydrogens (tertiary/aromatic N) is 1. The molecule has 4 heteroatoms. The topological polar surface area (TPSA) is 60.9 Å². The van der Waals surface area contributed by atoms with Gasteiger partial charge in [-0.2, -0.15) is 5.10 Å². The fourth-order valence-electron chi connectivity index (χ4n) is 0.975. The molecule has 0 saturated carbocycles. The number of aliphatic hydroxyl groups is 1. The van der Waals surface area contributed by atoms with Crippen LogP contribution in [0.3, 0.4) is 0 Å². The first kappa shape index (κ1) is 9.22. The maximum absolute atomic E-state index is 8.87. The number of H-pyrrole nitrogens is 1. The van der Waals surface area contributed by atoms with Crippen LogP contribution in [0.1, 0.15) is 19.0 Å². The van der Waals surface area contributed by atoms with Crippen LogP contribution < -0.4 is 5.32 Å². The van der Waals surface area contributed by atoms with Gasteiger partial charge >= 0.3 is 0 Å². The first-order chi connectivity index (χ1) is 5.86. The van der Waals surface area contributed by atoms with Crippen molar-refractivity contribution in [3.63, 3.8) is 0 Å². The van der Waals surface area contributed by atoms with Crippen LogP contribution >= 0.6 is 0 Å². The molecular weight excluding hydrogens is 154 g/mol. The third kappa shape index (κ3) is 2.64. The van der Waals surface area contributed by atoms with Crippen molar-refractivity contribution in [1.82, 2.24) is 15.5 Å². The van der Waals surface area contributed by atoms with Crippen molar-refractivity contribution < 1.29 is 5.11 Å². The van der Waals surface area contributed by atoms with Gasteiger partial charge in [-0.05, 0) is 12.5 Å². The molecule has 68 valence electrons. The second kappa shape index (κ2) is 4.90. The van der Waals surface area contributed by atoms with Crippen molar-refractivity contribution in [2.45, 2.75) is 25.9 Å². The van der Waals surface area contributed by atoms with E-state index in [1.807, 2.05) is 13.0 Å². The lowest BCUT2D eigenvalue weighted by Crippen LogP contribution is -2.31. The Balaban J connectivity index is 2.25. The van der Waals surface area contributed by atoms with Gasteiger partial charge in [-0.15, -0.1) is 0 Å². The zero-order valence-corrected chi connectivity index (χ0v) is 7.25. The Hall–Kier alpha value is -0.870. The maximum atomic E-state index is 8.87. The molecule has 4 nitrogen and oxygen atoms in total. The van der Waals surface area contributed by atoms with E-state index in [0.717, 1.165) is 18.7 Å². The molecule has 3 N–H and O–H groups in total. The lowest BCUT2D eigenvalue weighted by atomic mass is 10.2. The first-order valence-corrected chi connectivity index (χ1v) is 4.19. The van der Waals surface area contributed by atoms with Crippen molar-refractivity contribution >= 4 is 0 Å². The van der Waals surface area contributed by atoms with Crippen molar-refractivity contribution in [2.75, 3.05) is 6.61 Å². The summed E-state index contributed by atoms with van der Waals surface area (Å²) in [4.78, 5) is 0. The monoisotopic (exact) mass is 169 g/mol. The highest BCUT2D eigenvalue weighted by Crippen LogP contribution is 1.94. The SMILES string of the molecule is CC[C@@H](CO)NCc1ccn[nH]1. The van der Waals surface area contributed by atoms with Crippen LogP contribution in [-0.2, 0) is 6.54 Å². The number of aromatic amines is 1. The molecule has 0 radical (unpaired) electrons. The summed E-state index contributed by atoms with van der Waals surface area (Å²) in [5.74, 6) is 0. The second-order valence-corrected chi connectivity index (χ2v) is 2.75. The fourth-order valence-corrected chi connectivity index (χ4v) is 0.975. The zero-order valence-electron chi connectivity index (χ0n) is 7.25. The molecule has 0 unspecified atom stereocenters. The highest BCUT2D eigenvalue weighted by atomic mass is 16.3. The molecule has 1 rings (SSSR count). The minimum atomic E-state index is 0.185. The van der Waals surface area contributed by atoms with Crippen molar-refractivity contribution in [3.8, 4) is 0 Å². The third-order valence-electron chi connectivity index (χ3n) is 1.85. The molecule has 0 bridgehead atoms. The van der Waals surface area contributed by atoms with E-state index in [0.29, 0.717) is 0 Å². The van der Waals surface area contributed by atoms with Crippen molar-refractivity contribution in [1.29, 1.82) is 0 Å². The highest BCUT2D eigenvalue weighted by Gasteiger charge is 2.02. The van der Waals surface area contributed by atoms with Gasteiger partial charge in [-0.1, -0.05) is 6.92 Å². The van der Waals surface area contributed by atoms with Crippen LogP contribution in [-0.4, -0.2) is 28.0 Å². The Bertz CT molecular complexity index is 194. The van der Waals surface area contributed by atoms with E-state index in [1.54, 1.807) is 6.20 Å². The predicted molar refractivity (Wildman–Crippen MR) is 46.6 cm³/mol. The van der Waals surface area contributed by atoms with E-state index in [2.05, 4.69) is 15.5 Å². The summed E-state index contributed by atoms with van der Waals surface area (Å²) in [7, 11) is 0. The molecule has 1 heterocycles. The Kier molecular flexibility index (Phi) is 3.76. The molecule has 0 aromatic carbocycles. The van der Waals surface area contributed by atoms with E-state index in [4.69, 9.17) is 5.11 Å². The van der Waals surface area contributed by atoms with Gasteiger partial charge in [0.25, 0.3) is 0 Å². The lowest BCUT2D eigenvalue weighted by molar-refractivity contribution is 0.238. The van der Waals surface area contributed by atoms with E-state index in [9.17, 15) is 0 Å². The number of aliphatic hydroxyl groups excluding tert-OH is 1. The number of hydrogen-bond donors (Lipinski definition) is 3. The summed E-state index contributed by atoms with van der Waals surface area (Å²) in [6.07, 6.45) is 2.65. The predicted octanol–water partition coefficient (Wildman–Crippen LogP) is 0.270. The Morgan fingerprint density at radius 2 is 2.58 bits per heavy atom. The zero-order chi connectivity index (χ0) is 8.81. The summed E-state index contributed by atoms with van der Waals surface area (Å²) in [5.41, 5.74) is 1.04. The highest BCUT2D eigenvalue weighted by molar-refractivity contribution is 4.96. The maximum Gasteiger partial charge on any atom is 0.0584 e. The smallest absolute Gasteiger partial charge is 0.0584 e. The van der Waals surface area contributed by atoms with E-state index >= 15 is 0 Å². The van der Waals surface area contributed by atoms with Crippen LogP contribution in [0.5, 0.6) is 0 Å². The third-order valence-corrected chi connectivity index (χ3v) is 1.85. The van der Waals surface area contributed by atoms with E-state index < -0.39 is 0 Å². The van der Waals surface area contributed by atoms with Crippen LogP contribution in [0, 0.1) is 0 Å². The summed E-state index contributed by atoms with van der Waals surface area (Å²) >= 11 is 0. The van der Waals surface area contributed by atoms with Crippen molar-refractivity contribution in [2.24, 2.45) is 0 Å². The molecule has 0 aliphatic heterocycles. The Morgan fingerprint density at radius 1 is 1.75 bits per heavy atom. The Morgan fingerprint density at radius 3 is 3.08 bits per heavy atom. The molecule has 0 spiro atoms. The minimum Gasteiger partial charge on any atom is -0.395 e. The molecular formula is C8H15N3O. The van der Waals surface area contributed by atoms with E-state index in [-0.39, 0.29) is 12.6 Å². The molecule has 0 aliphatic rings. The molecule has 1 aromatic heterocycles. The largest absolute Gasteiger partial charge is 0.395 e. The quantitative estimate of drug-likeness (QED) is 0.593. The fraction of sp³-hybridized carbons (Fsp3) is 0.625. The van der Waals surface area contributed by atoms with Gasteiger partial charge in [0.15, 0.2) is 0 Å². The summed E-state index contributed by atoms with van der Waals surface area (Å²) in [6, 6.07) is 2.10. The van der Waals surface area contributed by atoms with Gasteiger partial charge in [-0.25, -0.2) is 0 Å². The van der Waals surface area contributed by atoms with Gasteiger partial charge < -0.3 is 10.4 Å². The summed E-state index contributed by atoms with van der Waals surface area (Å²) < 4.78 is 0. The van der Waals surface area contributed by atoms with Crippen LogP contribution in [0.25, 0.3) is 0 Å². The standard InChI is InChI=1S/C8H15N3O/c1-2-7(6-12)9-5-8-3-4-10-11-8/h3-4,7,9,12H,2,5-6H2,1H3,(H,10,11)/t7-/m0/s1. The van der Waals surface area contributed by atoms with Gasteiger partial charge in [-0.3, -0.25) is 5.10 Å². The first-order valence-electron chi connectivity index (χ1n) is 4.19. The van der Waals surface area contributed by atoms with Gasteiger partial charge in [0.1, 0.15) is 0 Å². The number of aromatic nitrogens is 2. The van der Waals surface area contributed by atoms with Crippen LogP contribution in [0.4, 0.5) is 0 Å². The normalized spacial score (nSPS) is 13.2. The molecule has 12 heavy (non-hydrogen) atoms. The average molecular weight is 169 g/mol. The molecule has 0 amide bonds. The number of hydrogen-bond acceptors (Lipinski definition) is 3. The Labute approximate surface area is 72.0 Å². The molecule has 1 atom stereocenters. The summed E-state index contributed by atoms with van der Waals surface area (Å²) in [5, 5.41) is 18.7. The average Bonchev–Trinajstić information content (AvgIpc) is 2.59. The number of nitrogens with one attached hydrogen (secondary N) is 2. The van der Waals surface area contributed by atoms with Gasteiger partial charge in [0, 0.05) is 24.5 Å². The van der Waals surface area contributed by atoms with Crippen LogP contribution in [0.15, 0.2) is 12.3 Å².